The first-order valence-electron chi connectivity index (χ1n) is 5.44. The van der Waals surface area contributed by atoms with Crippen LogP contribution in [-0.2, 0) is 21.0 Å². The smallest absolute Gasteiger partial charge is 0.386 e. The lowest BCUT2D eigenvalue weighted by atomic mass is 10.1. The molecule has 0 aromatic carbocycles. The fraction of sp³-hybridized carbons (Fsp3) is 0.500. The third kappa shape index (κ3) is 2.92. The van der Waals surface area contributed by atoms with Gasteiger partial charge in [-0.3, -0.25) is 4.84 Å². The van der Waals surface area contributed by atoms with E-state index in [1.165, 1.54) is 6.92 Å². The predicted molar refractivity (Wildman–Crippen MR) is 59.7 cm³/mol. The molecule has 0 aliphatic carbocycles. The highest BCUT2D eigenvalue weighted by Crippen LogP contribution is 2.30. The van der Waals surface area contributed by atoms with E-state index in [1.807, 2.05) is 0 Å². The molecule has 0 saturated carbocycles. The van der Waals surface area contributed by atoms with Gasteiger partial charge in [0.15, 0.2) is 5.03 Å². The lowest BCUT2D eigenvalue weighted by Gasteiger charge is -2.15. The van der Waals surface area contributed by atoms with Crippen LogP contribution in [0.3, 0.4) is 0 Å². The second-order valence-corrected chi connectivity index (χ2v) is 6.39. The Morgan fingerprint density at radius 3 is 2.50 bits per heavy atom. The van der Waals surface area contributed by atoms with Crippen LogP contribution in [0.2, 0.25) is 0 Å². The van der Waals surface area contributed by atoms with E-state index in [2.05, 4.69) is 4.98 Å². The Kier molecular flexibility index (Phi) is 3.53. The van der Waals surface area contributed by atoms with E-state index in [-0.39, 0.29) is 13.2 Å². The fourth-order valence-corrected chi connectivity index (χ4v) is 2.81. The summed E-state index contributed by atoms with van der Waals surface area (Å²) in [7, 11) is -4.20. The molecule has 1 aliphatic rings. The van der Waals surface area contributed by atoms with Gasteiger partial charge in [-0.05, 0) is 19.1 Å². The number of aromatic nitrogens is 1. The topological polar surface area (TPSA) is 79.7 Å². The van der Waals surface area contributed by atoms with E-state index in [0.717, 1.165) is 6.07 Å². The summed E-state index contributed by atoms with van der Waals surface area (Å²) < 4.78 is 61.7. The third-order valence-electron chi connectivity index (χ3n) is 2.59. The zero-order valence-corrected chi connectivity index (χ0v) is 11.1. The van der Waals surface area contributed by atoms with Gasteiger partial charge in [-0.1, -0.05) is 4.47 Å². The highest BCUT2D eigenvalue weighted by molar-refractivity contribution is 7.88. The number of hydroxylamine groups is 1. The molecule has 1 atom stereocenters. The van der Waals surface area contributed by atoms with Crippen LogP contribution < -0.4 is 0 Å². The number of aliphatic hydroxyl groups is 1. The second-order valence-electron chi connectivity index (χ2n) is 4.62. The molecule has 0 spiro atoms. The van der Waals surface area contributed by atoms with E-state index >= 15 is 0 Å². The van der Waals surface area contributed by atoms with Crippen molar-refractivity contribution >= 4 is 10.0 Å². The van der Waals surface area contributed by atoms with E-state index in [0.29, 0.717) is 16.7 Å². The lowest BCUT2D eigenvalue weighted by molar-refractivity contribution is -0.137. The van der Waals surface area contributed by atoms with Crippen LogP contribution >= 0.6 is 0 Å². The molecule has 1 aliphatic heterocycles. The van der Waals surface area contributed by atoms with Gasteiger partial charge in [0.1, 0.15) is 5.60 Å². The van der Waals surface area contributed by atoms with Crippen molar-refractivity contribution in [3.8, 4) is 0 Å². The normalized spacial score (nSPS) is 25.1. The first kappa shape index (κ1) is 15.2. The SMILES string of the molecule is CC1(O)CON(S(=O)(=O)c2ccc(C(F)(F)F)cn2)C1. The lowest BCUT2D eigenvalue weighted by Crippen LogP contribution is -2.34. The molecular formula is C10H11F3N2O4S. The summed E-state index contributed by atoms with van der Waals surface area (Å²) in [6.45, 7) is 0.827. The summed E-state index contributed by atoms with van der Waals surface area (Å²) in [6.07, 6.45) is -4.16. The summed E-state index contributed by atoms with van der Waals surface area (Å²) in [5.74, 6) is 0. The van der Waals surface area contributed by atoms with Crippen molar-refractivity contribution < 1.29 is 31.5 Å². The molecular weight excluding hydrogens is 301 g/mol. The molecule has 0 radical (unpaired) electrons. The van der Waals surface area contributed by atoms with Gasteiger partial charge in [0.2, 0.25) is 0 Å². The molecule has 1 fully saturated rings. The van der Waals surface area contributed by atoms with Crippen molar-refractivity contribution in [2.45, 2.75) is 23.7 Å². The molecule has 0 amide bonds. The van der Waals surface area contributed by atoms with Crippen LogP contribution in [0, 0.1) is 0 Å². The maximum atomic E-state index is 12.4. The largest absolute Gasteiger partial charge is 0.417 e. The number of hydrogen-bond donors (Lipinski definition) is 1. The Labute approximate surface area is 112 Å². The monoisotopic (exact) mass is 312 g/mol. The maximum Gasteiger partial charge on any atom is 0.417 e. The van der Waals surface area contributed by atoms with Gasteiger partial charge >= 0.3 is 6.18 Å². The van der Waals surface area contributed by atoms with E-state index < -0.39 is 32.4 Å². The Bertz CT molecular complexity index is 598. The van der Waals surface area contributed by atoms with Crippen LogP contribution in [0.5, 0.6) is 0 Å². The van der Waals surface area contributed by atoms with Crippen LogP contribution in [0.25, 0.3) is 0 Å². The van der Waals surface area contributed by atoms with E-state index in [4.69, 9.17) is 4.84 Å². The Balaban J connectivity index is 2.27. The van der Waals surface area contributed by atoms with Crippen LogP contribution in [-0.4, -0.2) is 41.7 Å². The minimum atomic E-state index is -4.59. The number of β-amino-alcohol motifs (C(OH)–C–C–N with tert-alkyl or cyclic N) is 1. The molecule has 20 heavy (non-hydrogen) atoms. The summed E-state index contributed by atoms with van der Waals surface area (Å²) >= 11 is 0. The highest BCUT2D eigenvalue weighted by Gasteiger charge is 2.41. The Morgan fingerprint density at radius 2 is 2.10 bits per heavy atom. The zero-order chi connectivity index (χ0) is 15.2. The molecule has 1 N–H and O–H groups in total. The molecule has 112 valence electrons. The van der Waals surface area contributed by atoms with Gasteiger partial charge in [-0.15, -0.1) is 0 Å². The van der Waals surface area contributed by atoms with E-state index in [9.17, 15) is 26.7 Å². The van der Waals surface area contributed by atoms with Crippen LogP contribution in [0.15, 0.2) is 23.4 Å². The Morgan fingerprint density at radius 1 is 1.45 bits per heavy atom. The average Bonchev–Trinajstić information content (AvgIpc) is 2.69. The minimum Gasteiger partial charge on any atom is -0.386 e. The predicted octanol–water partition coefficient (Wildman–Crippen LogP) is 0.787. The minimum absolute atomic E-state index is 0.229. The second kappa shape index (κ2) is 4.65. The van der Waals surface area contributed by atoms with Crippen molar-refractivity contribution in [1.29, 1.82) is 0 Å². The van der Waals surface area contributed by atoms with E-state index in [1.54, 1.807) is 0 Å². The number of alkyl halides is 3. The highest BCUT2D eigenvalue weighted by atomic mass is 32.2. The molecule has 1 aromatic heterocycles. The van der Waals surface area contributed by atoms with Gasteiger partial charge in [-0.25, -0.2) is 13.4 Å². The third-order valence-corrected chi connectivity index (χ3v) is 4.13. The number of nitrogens with zero attached hydrogens (tertiary/aromatic N) is 2. The molecule has 6 nitrogen and oxygen atoms in total. The number of halogens is 3. The quantitative estimate of drug-likeness (QED) is 0.873. The molecule has 10 heteroatoms. The van der Waals surface area contributed by atoms with Gasteiger partial charge in [0.25, 0.3) is 10.0 Å². The molecule has 1 unspecified atom stereocenters. The Hall–Kier alpha value is -1.23. The summed E-state index contributed by atoms with van der Waals surface area (Å²) in [4.78, 5) is 8.12. The number of sulfonamides is 1. The number of hydrogen-bond acceptors (Lipinski definition) is 5. The van der Waals surface area contributed by atoms with Crippen molar-refractivity contribution in [2.24, 2.45) is 0 Å². The first-order chi connectivity index (χ1) is 9.02. The van der Waals surface area contributed by atoms with Crippen molar-refractivity contribution in [1.82, 2.24) is 9.45 Å². The molecule has 2 heterocycles. The number of rotatable bonds is 2. The van der Waals surface area contributed by atoms with Gasteiger partial charge < -0.3 is 5.11 Å². The van der Waals surface area contributed by atoms with Crippen molar-refractivity contribution in [3.63, 3.8) is 0 Å². The summed E-state index contributed by atoms with van der Waals surface area (Å²) in [5.41, 5.74) is -2.40. The van der Waals surface area contributed by atoms with Gasteiger partial charge in [0, 0.05) is 6.20 Å². The number of pyridine rings is 1. The van der Waals surface area contributed by atoms with Gasteiger partial charge in [0.05, 0.1) is 18.7 Å². The van der Waals surface area contributed by atoms with Gasteiger partial charge in [-0.2, -0.15) is 13.2 Å². The standard InChI is InChI=1S/C10H11F3N2O4S/c1-9(16)5-15(19-6-9)20(17,18)8-3-2-7(4-14-8)10(11,12)13/h2-4,16H,5-6H2,1H3. The van der Waals surface area contributed by atoms with Crippen LogP contribution in [0.4, 0.5) is 13.2 Å². The molecule has 1 aromatic rings. The summed E-state index contributed by atoms with van der Waals surface area (Å²) in [5, 5.41) is 9.05. The first-order valence-corrected chi connectivity index (χ1v) is 6.88. The molecule has 0 bridgehead atoms. The van der Waals surface area contributed by atoms with Crippen molar-refractivity contribution in [2.75, 3.05) is 13.2 Å². The average molecular weight is 312 g/mol. The van der Waals surface area contributed by atoms with Crippen molar-refractivity contribution in [3.05, 3.63) is 23.9 Å². The van der Waals surface area contributed by atoms with Crippen LogP contribution in [0.1, 0.15) is 12.5 Å². The molecule has 1 saturated heterocycles. The summed E-state index contributed by atoms with van der Waals surface area (Å²) in [6, 6.07) is 1.36. The zero-order valence-electron chi connectivity index (χ0n) is 10.3. The maximum absolute atomic E-state index is 12.4. The fourth-order valence-electron chi connectivity index (χ4n) is 1.54. The molecule has 2 rings (SSSR count).